The van der Waals surface area contributed by atoms with E-state index in [1.54, 1.807) is 12.1 Å². The highest BCUT2D eigenvalue weighted by molar-refractivity contribution is 7.78. The molecular weight excluding hydrogens is 361 g/mol. The van der Waals surface area contributed by atoms with Gasteiger partial charge in [0.15, 0.2) is 0 Å². The molecule has 0 atom stereocenters. The van der Waals surface area contributed by atoms with E-state index >= 15 is 0 Å². The van der Waals surface area contributed by atoms with Crippen molar-refractivity contribution in [2.24, 2.45) is 0 Å². The van der Waals surface area contributed by atoms with Crippen LogP contribution in [0.5, 0.6) is 0 Å². The molecular formula is C23H17F2OP. The normalized spacial score (nSPS) is 11.6. The van der Waals surface area contributed by atoms with Crippen molar-refractivity contribution in [3.05, 3.63) is 108 Å². The molecule has 0 saturated heterocycles. The average Bonchev–Trinajstić information content (AvgIpc) is 2.68. The van der Waals surface area contributed by atoms with Crippen molar-refractivity contribution in [3.63, 3.8) is 0 Å². The second-order valence-corrected chi connectivity index (χ2v) is 9.37. The lowest BCUT2D eigenvalue weighted by molar-refractivity contribution is 0.585. The topological polar surface area (TPSA) is 17.1 Å². The molecule has 1 nitrogen and oxygen atoms in total. The largest absolute Gasteiger partial charge is 0.313 e. The van der Waals surface area contributed by atoms with E-state index in [2.05, 4.69) is 0 Å². The molecule has 0 N–H and O–H groups in total. The Balaban J connectivity index is 1.85. The molecule has 0 fully saturated rings. The Labute approximate surface area is 156 Å². The maximum Gasteiger partial charge on any atom is 0.147 e. The van der Waals surface area contributed by atoms with Gasteiger partial charge in [-0.25, -0.2) is 8.78 Å². The first kappa shape index (κ1) is 17.6. The Kier molecular flexibility index (Phi) is 4.63. The summed E-state index contributed by atoms with van der Waals surface area (Å²) < 4.78 is 41.8. The van der Waals surface area contributed by atoms with E-state index in [-0.39, 0.29) is 6.16 Å². The van der Waals surface area contributed by atoms with Crippen LogP contribution >= 0.6 is 7.14 Å². The average molecular weight is 378 g/mol. The fraction of sp³-hybridized carbons (Fsp3) is 0.0435. The molecule has 0 aliphatic heterocycles. The molecule has 0 aliphatic carbocycles. The van der Waals surface area contributed by atoms with Gasteiger partial charge in [0.05, 0.1) is 0 Å². The van der Waals surface area contributed by atoms with E-state index < -0.39 is 18.8 Å². The van der Waals surface area contributed by atoms with Crippen molar-refractivity contribution in [2.45, 2.75) is 6.16 Å². The van der Waals surface area contributed by atoms with Crippen molar-refractivity contribution < 1.29 is 13.3 Å². The van der Waals surface area contributed by atoms with Crippen LogP contribution in [0, 0.1) is 11.6 Å². The molecule has 0 radical (unpaired) electrons. The molecule has 4 rings (SSSR count). The van der Waals surface area contributed by atoms with Crippen LogP contribution in [-0.2, 0) is 10.7 Å². The smallest absolute Gasteiger partial charge is 0.147 e. The highest BCUT2D eigenvalue weighted by Gasteiger charge is 2.28. The quantitative estimate of drug-likeness (QED) is 0.421. The van der Waals surface area contributed by atoms with Gasteiger partial charge in [0.2, 0.25) is 0 Å². The molecule has 4 heteroatoms. The van der Waals surface area contributed by atoms with Crippen LogP contribution in [0.15, 0.2) is 91.0 Å². The van der Waals surface area contributed by atoms with Crippen molar-refractivity contribution >= 4 is 28.5 Å². The summed E-state index contributed by atoms with van der Waals surface area (Å²) in [4.78, 5) is 0. The first-order valence-electron chi connectivity index (χ1n) is 8.64. The highest BCUT2D eigenvalue weighted by atomic mass is 31.2. The van der Waals surface area contributed by atoms with Crippen LogP contribution < -0.4 is 10.6 Å². The minimum Gasteiger partial charge on any atom is -0.313 e. The van der Waals surface area contributed by atoms with Crippen LogP contribution in [0.1, 0.15) is 5.56 Å². The van der Waals surface area contributed by atoms with E-state index in [0.717, 1.165) is 16.3 Å². The summed E-state index contributed by atoms with van der Waals surface area (Å²) in [5.41, 5.74) is 0.866. The first-order valence-corrected chi connectivity index (χ1v) is 10.5. The minimum atomic E-state index is -3.26. The Morgan fingerprint density at radius 2 is 1.22 bits per heavy atom. The summed E-state index contributed by atoms with van der Waals surface area (Å²) in [5, 5.41) is 2.91. The Bertz CT molecular complexity index is 1120. The van der Waals surface area contributed by atoms with E-state index in [0.29, 0.717) is 10.6 Å². The predicted octanol–water partition coefficient (Wildman–Crippen LogP) is 5.63. The minimum absolute atomic E-state index is 0.199. The molecule has 27 heavy (non-hydrogen) atoms. The van der Waals surface area contributed by atoms with Crippen LogP contribution in [0.2, 0.25) is 0 Å². The summed E-state index contributed by atoms with van der Waals surface area (Å²) in [5.74, 6) is -0.912. The maximum atomic E-state index is 14.1. The van der Waals surface area contributed by atoms with Gasteiger partial charge in [-0.2, -0.15) is 0 Å². The first-order chi connectivity index (χ1) is 13.0. The Hall–Kier alpha value is -2.77. The number of benzene rings is 4. The summed E-state index contributed by atoms with van der Waals surface area (Å²) in [6.45, 7) is 0. The van der Waals surface area contributed by atoms with Gasteiger partial charge in [-0.15, -0.1) is 0 Å². The van der Waals surface area contributed by atoms with Crippen LogP contribution in [0.4, 0.5) is 8.78 Å². The third kappa shape index (κ3) is 3.56. The van der Waals surface area contributed by atoms with Gasteiger partial charge in [-0.3, -0.25) is 0 Å². The summed E-state index contributed by atoms with van der Waals surface area (Å²) >= 11 is 0. The van der Waals surface area contributed by atoms with Gasteiger partial charge >= 0.3 is 0 Å². The van der Waals surface area contributed by atoms with Gasteiger partial charge in [0.25, 0.3) is 0 Å². The van der Waals surface area contributed by atoms with Crippen molar-refractivity contribution in [1.82, 2.24) is 0 Å². The summed E-state index contributed by atoms with van der Waals surface area (Å²) in [7, 11) is -3.26. The molecule has 0 bridgehead atoms. The van der Waals surface area contributed by atoms with Gasteiger partial charge in [-0.05, 0) is 40.6 Å². The number of fused-ring (bicyclic) bond motifs is 1. The van der Waals surface area contributed by atoms with Crippen LogP contribution in [0.3, 0.4) is 0 Å². The molecule has 0 amide bonds. The second-order valence-electron chi connectivity index (χ2n) is 6.54. The fourth-order valence-electron chi connectivity index (χ4n) is 3.33. The van der Waals surface area contributed by atoms with Gasteiger partial charge in [0, 0.05) is 16.8 Å². The molecule has 0 saturated carbocycles. The summed E-state index contributed by atoms with van der Waals surface area (Å²) in [6.07, 6.45) is 0.199. The zero-order valence-corrected chi connectivity index (χ0v) is 15.4. The number of rotatable bonds is 4. The monoisotopic (exact) mass is 378 g/mol. The number of hydrogen-bond donors (Lipinski definition) is 0. The highest BCUT2D eigenvalue weighted by Crippen LogP contribution is 2.47. The lowest BCUT2D eigenvalue weighted by Crippen LogP contribution is -2.18. The van der Waals surface area contributed by atoms with Crippen LogP contribution in [-0.4, -0.2) is 0 Å². The molecule has 134 valence electrons. The van der Waals surface area contributed by atoms with Crippen LogP contribution in [0.25, 0.3) is 10.8 Å². The second kappa shape index (κ2) is 7.09. The molecule has 0 aromatic heterocycles. The summed E-state index contributed by atoms with van der Waals surface area (Å²) in [6, 6.07) is 25.4. The molecule has 0 spiro atoms. The predicted molar refractivity (Wildman–Crippen MR) is 107 cm³/mol. The van der Waals surface area contributed by atoms with E-state index in [1.165, 1.54) is 36.4 Å². The Morgan fingerprint density at radius 1 is 0.630 bits per heavy atom. The SMILES string of the molecule is O=P(Cc1ccc2ccccc2c1)(c1cccc(F)c1)c1cccc(F)c1. The van der Waals surface area contributed by atoms with E-state index in [1.807, 2.05) is 42.5 Å². The number of halogens is 2. The maximum absolute atomic E-state index is 14.1. The van der Waals surface area contributed by atoms with E-state index in [4.69, 9.17) is 0 Å². The lowest BCUT2D eigenvalue weighted by Gasteiger charge is -2.20. The number of hydrogen-bond acceptors (Lipinski definition) is 1. The molecule has 0 unspecified atom stereocenters. The lowest BCUT2D eigenvalue weighted by atomic mass is 10.1. The van der Waals surface area contributed by atoms with Gasteiger partial charge in [0.1, 0.15) is 18.8 Å². The zero-order chi connectivity index (χ0) is 18.9. The van der Waals surface area contributed by atoms with Gasteiger partial charge < -0.3 is 4.57 Å². The molecule has 0 aliphatic rings. The van der Waals surface area contributed by atoms with E-state index in [9.17, 15) is 13.3 Å². The van der Waals surface area contributed by atoms with Gasteiger partial charge in [-0.1, -0.05) is 66.7 Å². The van der Waals surface area contributed by atoms with Crippen molar-refractivity contribution in [2.75, 3.05) is 0 Å². The molecule has 4 aromatic rings. The fourth-order valence-corrected chi connectivity index (χ4v) is 6.02. The standard InChI is InChI=1S/C23H17F2OP/c24-20-7-3-9-22(14-20)27(26,23-10-4-8-21(25)15-23)16-17-11-12-18-5-1-2-6-19(18)13-17/h1-15H,16H2. The van der Waals surface area contributed by atoms with Crippen molar-refractivity contribution in [3.8, 4) is 0 Å². The third-order valence-corrected chi connectivity index (χ3v) is 7.70. The Morgan fingerprint density at radius 3 is 1.81 bits per heavy atom. The zero-order valence-electron chi connectivity index (χ0n) is 14.5. The van der Waals surface area contributed by atoms with Crippen molar-refractivity contribution in [1.29, 1.82) is 0 Å². The molecule has 4 aromatic carbocycles. The third-order valence-electron chi connectivity index (χ3n) is 4.67. The molecule has 0 heterocycles.